The maximum Gasteiger partial charge on any atom is 0.0936 e. The van der Waals surface area contributed by atoms with E-state index >= 15 is 0 Å². The molecule has 0 radical (unpaired) electrons. The lowest BCUT2D eigenvalue weighted by Crippen LogP contribution is -1.85. The number of alkyl halides is 1. The molecule has 1 atom stereocenters. The molecule has 2 rings (SSSR count). The molecule has 0 bridgehead atoms. The van der Waals surface area contributed by atoms with E-state index in [1.807, 2.05) is 0 Å². The largest absolute Gasteiger partial charge is 0.144 e. The van der Waals surface area contributed by atoms with Crippen molar-refractivity contribution in [3.63, 3.8) is 0 Å². The van der Waals surface area contributed by atoms with Crippen LogP contribution < -0.4 is 0 Å². The summed E-state index contributed by atoms with van der Waals surface area (Å²) < 4.78 is 1.29. The number of aryl methyl sites for hydroxylation is 1. The fraction of sp³-hybridized carbons (Fsp3) is 0.200. The molecule has 0 saturated heterocycles. The minimum atomic E-state index is 0.0217. The second-order valence-corrected chi connectivity index (χ2v) is 7.56. The zero-order valence-electron chi connectivity index (χ0n) is 7.46. The quantitative estimate of drug-likeness (QED) is 0.523. The highest BCUT2D eigenvalue weighted by molar-refractivity contribution is 14.1. The summed E-state index contributed by atoms with van der Waals surface area (Å²) >= 11 is 12.2. The summed E-state index contributed by atoms with van der Waals surface area (Å²) in [5, 5.41) is 2.16. The lowest BCUT2D eigenvalue weighted by molar-refractivity contribution is 1.20. The average molecular weight is 355 g/mol. The Morgan fingerprint density at radius 3 is 2.71 bits per heavy atom. The Balaban J connectivity index is 2.28. The lowest BCUT2D eigenvalue weighted by Gasteiger charge is -2.03. The highest BCUT2D eigenvalue weighted by Gasteiger charge is 2.13. The van der Waals surface area contributed by atoms with Crippen molar-refractivity contribution in [2.24, 2.45) is 0 Å². The molecular formula is C10H8ClIS2. The van der Waals surface area contributed by atoms with Gasteiger partial charge in [-0.2, -0.15) is 0 Å². The zero-order valence-corrected chi connectivity index (χ0v) is 12.0. The summed E-state index contributed by atoms with van der Waals surface area (Å²) in [6.07, 6.45) is 0. The average Bonchev–Trinajstić information content (AvgIpc) is 2.73. The van der Waals surface area contributed by atoms with Crippen molar-refractivity contribution in [1.29, 1.82) is 0 Å². The van der Waals surface area contributed by atoms with Crippen LogP contribution in [0.15, 0.2) is 23.6 Å². The van der Waals surface area contributed by atoms with Crippen LogP contribution in [0.2, 0.25) is 0 Å². The molecule has 0 aliphatic heterocycles. The van der Waals surface area contributed by atoms with Crippen LogP contribution in [0.5, 0.6) is 0 Å². The monoisotopic (exact) mass is 354 g/mol. The minimum absolute atomic E-state index is 0.0217. The van der Waals surface area contributed by atoms with E-state index in [2.05, 4.69) is 53.1 Å². The first-order valence-corrected chi connectivity index (χ1v) is 7.32. The van der Waals surface area contributed by atoms with Gasteiger partial charge in [0.25, 0.3) is 0 Å². The van der Waals surface area contributed by atoms with E-state index in [0.29, 0.717) is 0 Å². The van der Waals surface area contributed by atoms with Gasteiger partial charge in [0, 0.05) is 9.75 Å². The van der Waals surface area contributed by atoms with Gasteiger partial charge in [-0.25, -0.2) is 0 Å². The zero-order chi connectivity index (χ0) is 10.1. The first-order chi connectivity index (χ1) is 6.66. The molecule has 0 N–H and O–H groups in total. The molecule has 4 heteroatoms. The molecule has 74 valence electrons. The van der Waals surface area contributed by atoms with Crippen LogP contribution >= 0.6 is 56.9 Å². The molecule has 0 aliphatic carbocycles. The van der Waals surface area contributed by atoms with Crippen LogP contribution in [0.3, 0.4) is 0 Å². The fourth-order valence-electron chi connectivity index (χ4n) is 1.21. The van der Waals surface area contributed by atoms with Gasteiger partial charge in [-0.3, -0.25) is 0 Å². The normalized spacial score (nSPS) is 13.1. The van der Waals surface area contributed by atoms with Crippen molar-refractivity contribution in [3.05, 3.63) is 41.8 Å². The fourth-order valence-corrected chi connectivity index (χ4v) is 3.90. The van der Waals surface area contributed by atoms with E-state index in [-0.39, 0.29) is 5.38 Å². The van der Waals surface area contributed by atoms with E-state index < -0.39 is 0 Å². The molecule has 0 fully saturated rings. The Kier molecular flexibility index (Phi) is 3.52. The summed E-state index contributed by atoms with van der Waals surface area (Å²) in [4.78, 5) is 2.55. The molecule has 2 heterocycles. The van der Waals surface area contributed by atoms with Crippen LogP contribution in [-0.2, 0) is 0 Å². The van der Waals surface area contributed by atoms with Gasteiger partial charge in [-0.15, -0.1) is 34.3 Å². The third kappa shape index (κ3) is 2.32. The molecule has 14 heavy (non-hydrogen) atoms. The Bertz CT molecular complexity index is 393. The number of rotatable bonds is 2. The van der Waals surface area contributed by atoms with Crippen LogP contribution in [-0.4, -0.2) is 0 Å². The second kappa shape index (κ2) is 4.51. The molecule has 2 aromatic rings. The molecular weight excluding hydrogens is 347 g/mol. The van der Waals surface area contributed by atoms with Gasteiger partial charge < -0.3 is 0 Å². The number of hydrogen-bond donors (Lipinski definition) is 0. The molecule has 0 aromatic carbocycles. The van der Waals surface area contributed by atoms with E-state index in [1.165, 1.54) is 18.2 Å². The van der Waals surface area contributed by atoms with E-state index in [9.17, 15) is 0 Å². The maximum absolute atomic E-state index is 6.37. The Labute approximate surface area is 110 Å². The molecule has 2 aromatic heterocycles. The van der Waals surface area contributed by atoms with Gasteiger partial charge in [-0.1, -0.05) is 0 Å². The van der Waals surface area contributed by atoms with Gasteiger partial charge >= 0.3 is 0 Å². The Morgan fingerprint density at radius 1 is 1.43 bits per heavy atom. The summed E-state index contributed by atoms with van der Waals surface area (Å²) in [6, 6.07) is 6.38. The van der Waals surface area contributed by atoms with Crippen LogP contribution in [0.1, 0.15) is 20.7 Å². The number of thiophene rings is 2. The predicted molar refractivity (Wildman–Crippen MR) is 73.8 cm³/mol. The van der Waals surface area contributed by atoms with E-state index in [1.54, 1.807) is 22.7 Å². The molecule has 0 nitrogen and oxygen atoms in total. The highest BCUT2D eigenvalue weighted by Crippen LogP contribution is 2.35. The summed E-state index contributed by atoms with van der Waals surface area (Å²) in [5.41, 5.74) is 1.21. The van der Waals surface area contributed by atoms with Crippen LogP contribution in [0.4, 0.5) is 0 Å². The van der Waals surface area contributed by atoms with Gasteiger partial charge in [0.05, 0.1) is 8.26 Å². The molecule has 0 aliphatic rings. The number of hydrogen-bond acceptors (Lipinski definition) is 2. The van der Waals surface area contributed by atoms with Gasteiger partial charge in [-0.05, 0) is 58.7 Å². The second-order valence-electron chi connectivity index (χ2n) is 3.00. The minimum Gasteiger partial charge on any atom is -0.144 e. The Morgan fingerprint density at radius 2 is 2.21 bits per heavy atom. The molecule has 0 amide bonds. The van der Waals surface area contributed by atoms with Crippen LogP contribution in [0, 0.1) is 9.81 Å². The molecule has 0 saturated carbocycles. The van der Waals surface area contributed by atoms with Crippen molar-refractivity contribution < 1.29 is 0 Å². The van der Waals surface area contributed by atoms with Crippen molar-refractivity contribution in [2.75, 3.05) is 0 Å². The maximum atomic E-state index is 6.37. The summed E-state index contributed by atoms with van der Waals surface area (Å²) in [5.74, 6) is 0. The van der Waals surface area contributed by atoms with Crippen LogP contribution in [0.25, 0.3) is 0 Å². The van der Waals surface area contributed by atoms with Gasteiger partial charge in [0.1, 0.15) is 0 Å². The highest BCUT2D eigenvalue weighted by atomic mass is 127. The summed E-state index contributed by atoms with van der Waals surface area (Å²) in [6.45, 7) is 2.11. The lowest BCUT2D eigenvalue weighted by atomic mass is 10.2. The third-order valence-corrected chi connectivity index (χ3v) is 5.38. The first kappa shape index (κ1) is 10.9. The van der Waals surface area contributed by atoms with Crippen molar-refractivity contribution in [1.82, 2.24) is 0 Å². The summed E-state index contributed by atoms with van der Waals surface area (Å²) in [7, 11) is 0. The molecule has 1 unspecified atom stereocenters. The smallest absolute Gasteiger partial charge is 0.0936 e. The van der Waals surface area contributed by atoms with Gasteiger partial charge in [0.2, 0.25) is 0 Å². The topological polar surface area (TPSA) is 0 Å². The number of halogens is 2. The third-order valence-electron chi connectivity index (χ3n) is 1.89. The first-order valence-electron chi connectivity index (χ1n) is 4.11. The van der Waals surface area contributed by atoms with E-state index in [4.69, 9.17) is 11.6 Å². The Hall–Kier alpha value is 0.420. The van der Waals surface area contributed by atoms with Crippen molar-refractivity contribution in [2.45, 2.75) is 12.3 Å². The van der Waals surface area contributed by atoms with E-state index in [0.717, 1.165) is 0 Å². The van der Waals surface area contributed by atoms with Crippen molar-refractivity contribution >= 4 is 56.9 Å². The SMILES string of the molecule is Cc1ccc(C(Cl)c2csc(I)c2)s1. The standard InChI is InChI=1S/C10H8ClIS2/c1-6-2-3-8(14-6)10(11)7-4-9(12)13-5-7/h2-5,10H,1H3. The van der Waals surface area contributed by atoms with Gasteiger partial charge in [0.15, 0.2) is 0 Å². The predicted octanol–water partition coefficient (Wildman–Crippen LogP) is 5.05. The molecule has 0 spiro atoms. The van der Waals surface area contributed by atoms with Crippen molar-refractivity contribution in [3.8, 4) is 0 Å².